The Morgan fingerprint density at radius 2 is 2.10 bits per heavy atom. The van der Waals surface area contributed by atoms with Crippen molar-refractivity contribution in [1.82, 2.24) is 15.2 Å². The van der Waals surface area contributed by atoms with E-state index in [1.54, 1.807) is 19.2 Å². The molecule has 1 aromatic heterocycles. The van der Waals surface area contributed by atoms with Crippen LogP contribution in [0.25, 0.3) is 10.9 Å². The third-order valence-corrected chi connectivity index (χ3v) is 7.12. The number of aromatic nitrogens is 1. The van der Waals surface area contributed by atoms with E-state index in [9.17, 15) is 18.3 Å². The Morgan fingerprint density at radius 1 is 1.33 bits per heavy atom. The van der Waals surface area contributed by atoms with E-state index in [-0.39, 0.29) is 18.2 Å². The minimum Gasteiger partial charge on any atom is -0.390 e. The molecule has 0 aliphatic carbocycles. The number of aliphatic hydroxyl groups excluding tert-OH is 1. The van der Waals surface area contributed by atoms with Gasteiger partial charge in [0.2, 0.25) is 10.0 Å². The summed E-state index contributed by atoms with van der Waals surface area (Å²) in [7, 11) is -0.337. The lowest BCUT2D eigenvalue weighted by Gasteiger charge is -2.19. The maximum absolute atomic E-state index is 12.8. The lowest BCUT2D eigenvalue weighted by molar-refractivity contribution is 0.0914. The molecule has 2 heterocycles. The van der Waals surface area contributed by atoms with Crippen LogP contribution in [0.3, 0.4) is 0 Å². The van der Waals surface area contributed by atoms with E-state index >= 15 is 0 Å². The molecule has 1 aromatic carbocycles. The molecule has 0 unspecified atom stereocenters. The van der Waals surface area contributed by atoms with E-state index in [4.69, 9.17) is 4.74 Å². The lowest BCUT2D eigenvalue weighted by atomic mass is 10.1. The van der Waals surface area contributed by atoms with Crippen LogP contribution in [0.1, 0.15) is 22.8 Å². The first-order valence-electron chi connectivity index (χ1n) is 10.1. The number of anilines is 1. The summed E-state index contributed by atoms with van der Waals surface area (Å²) < 4.78 is 33.3. The van der Waals surface area contributed by atoms with Crippen molar-refractivity contribution in [2.24, 2.45) is 0 Å². The van der Waals surface area contributed by atoms with Crippen molar-refractivity contribution >= 4 is 32.5 Å². The highest BCUT2D eigenvalue weighted by atomic mass is 32.2. The molecule has 0 saturated heterocycles. The first-order valence-corrected chi connectivity index (χ1v) is 11.7. The van der Waals surface area contributed by atoms with Gasteiger partial charge in [0.1, 0.15) is 0 Å². The summed E-state index contributed by atoms with van der Waals surface area (Å²) in [5.41, 5.74) is 2.76. The normalized spacial score (nSPS) is 16.5. The Kier molecular flexibility index (Phi) is 7.02. The standard InChI is InChI=1S/C20H30N4O5S/c1-4-14-13-24-6-8-30(27,28)23(2)18-10-15(9-17(14)19(18)24)20(26)22-12-16(25)11-21-5-7-29-3/h9-10,13,16,21,25H,4-8,11-12H2,1-3H3,(H,22,26)/t16-/m1/s1. The average molecular weight is 439 g/mol. The summed E-state index contributed by atoms with van der Waals surface area (Å²) in [6, 6.07) is 3.41. The molecule has 0 bridgehead atoms. The molecule has 2 aromatic rings. The van der Waals surface area contributed by atoms with Gasteiger partial charge in [-0.2, -0.15) is 0 Å². The van der Waals surface area contributed by atoms with Crippen LogP contribution in [0, 0.1) is 0 Å². The molecule has 1 aliphatic rings. The zero-order chi connectivity index (χ0) is 21.9. The van der Waals surface area contributed by atoms with E-state index in [1.807, 2.05) is 17.7 Å². The van der Waals surface area contributed by atoms with Gasteiger partial charge in [-0.3, -0.25) is 9.10 Å². The first-order chi connectivity index (χ1) is 14.3. The van der Waals surface area contributed by atoms with Crippen molar-refractivity contribution in [2.75, 3.05) is 50.5 Å². The van der Waals surface area contributed by atoms with Gasteiger partial charge in [-0.15, -0.1) is 0 Å². The topological polar surface area (TPSA) is 113 Å². The molecule has 1 amide bonds. The van der Waals surface area contributed by atoms with Crippen molar-refractivity contribution in [2.45, 2.75) is 26.0 Å². The number of sulfonamides is 1. The molecule has 30 heavy (non-hydrogen) atoms. The van der Waals surface area contributed by atoms with Crippen LogP contribution in [0.4, 0.5) is 5.69 Å². The summed E-state index contributed by atoms with van der Waals surface area (Å²) in [6.07, 6.45) is 2.00. The van der Waals surface area contributed by atoms with Crippen molar-refractivity contribution in [3.63, 3.8) is 0 Å². The second-order valence-electron chi connectivity index (χ2n) is 7.44. The Bertz CT molecular complexity index is 1020. The van der Waals surface area contributed by atoms with Gasteiger partial charge >= 0.3 is 0 Å². The number of benzene rings is 1. The minimum atomic E-state index is -3.46. The number of carbonyl (C=O) groups excluding carboxylic acids is 1. The van der Waals surface area contributed by atoms with Crippen LogP contribution in [0.15, 0.2) is 18.3 Å². The average Bonchev–Trinajstić information content (AvgIpc) is 3.06. The Morgan fingerprint density at radius 3 is 2.80 bits per heavy atom. The molecule has 3 N–H and O–H groups in total. The fourth-order valence-corrected chi connectivity index (χ4v) is 4.79. The smallest absolute Gasteiger partial charge is 0.251 e. The van der Waals surface area contributed by atoms with E-state index in [1.165, 1.54) is 11.4 Å². The van der Waals surface area contributed by atoms with Crippen molar-refractivity contribution in [1.29, 1.82) is 0 Å². The number of amides is 1. The second kappa shape index (κ2) is 9.34. The Hall–Kier alpha value is -2.14. The molecule has 9 nitrogen and oxygen atoms in total. The van der Waals surface area contributed by atoms with E-state index in [2.05, 4.69) is 10.6 Å². The summed E-state index contributed by atoms with van der Waals surface area (Å²) >= 11 is 0. The van der Waals surface area contributed by atoms with Gasteiger partial charge < -0.3 is 25.0 Å². The number of nitrogens with zero attached hydrogens (tertiary/aromatic N) is 2. The predicted octanol–water partition coefficient (Wildman–Crippen LogP) is 0.310. The van der Waals surface area contributed by atoms with Gasteiger partial charge in [0, 0.05) is 57.5 Å². The second-order valence-corrected chi connectivity index (χ2v) is 9.56. The molecule has 0 spiro atoms. The largest absolute Gasteiger partial charge is 0.390 e. The first kappa shape index (κ1) is 22.5. The van der Waals surface area contributed by atoms with Crippen molar-refractivity contribution in [3.8, 4) is 0 Å². The van der Waals surface area contributed by atoms with E-state index in [0.717, 1.165) is 22.9 Å². The van der Waals surface area contributed by atoms with Crippen molar-refractivity contribution in [3.05, 3.63) is 29.5 Å². The Labute approximate surface area is 177 Å². The molecule has 0 fully saturated rings. The van der Waals surface area contributed by atoms with Crippen molar-refractivity contribution < 1.29 is 23.1 Å². The number of ether oxygens (including phenoxy) is 1. The quantitative estimate of drug-likeness (QED) is 0.486. The SMILES string of the molecule is CCc1cn2c3c(cc(C(=O)NC[C@H](O)CNCCOC)cc13)N(C)S(=O)(=O)CC2. The predicted molar refractivity (Wildman–Crippen MR) is 117 cm³/mol. The molecule has 3 rings (SSSR count). The highest BCUT2D eigenvalue weighted by Gasteiger charge is 2.28. The summed E-state index contributed by atoms with van der Waals surface area (Å²) in [5, 5.41) is 16.7. The van der Waals surface area contributed by atoms with Crippen LogP contribution in [0.5, 0.6) is 0 Å². The lowest BCUT2D eigenvalue weighted by Crippen LogP contribution is -2.39. The zero-order valence-corrected chi connectivity index (χ0v) is 18.5. The van der Waals surface area contributed by atoms with Gasteiger partial charge in [-0.1, -0.05) is 6.92 Å². The van der Waals surface area contributed by atoms with E-state index in [0.29, 0.717) is 37.5 Å². The number of methoxy groups -OCH3 is 1. The van der Waals surface area contributed by atoms with Crippen LogP contribution >= 0.6 is 0 Å². The molecule has 166 valence electrons. The summed E-state index contributed by atoms with van der Waals surface area (Å²) in [5.74, 6) is -0.344. The van der Waals surface area contributed by atoms with Gasteiger partial charge in [0.05, 0.1) is 29.7 Å². The van der Waals surface area contributed by atoms with Crippen LogP contribution in [-0.2, 0) is 27.7 Å². The van der Waals surface area contributed by atoms with Gasteiger partial charge in [0.15, 0.2) is 0 Å². The molecular formula is C20H30N4O5S. The molecule has 1 aliphatic heterocycles. The number of carbonyl (C=O) groups is 1. The number of aliphatic hydroxyl groups is 1. The van der Waals surface area contributed by atoms with Gasteiger partial charge in [-0.05, 0) is 24.1 Å². The maximum atomic E-state index is 12.8. The number of hydrogen-bond acceptors (Lipinski definition) is 6. The highest BCUT2D eigenvalue weighted by molar-refractivity contribution is 7.92. The van der Waals surface area contributed by atoms with Gasteiger partial charge in [-0.25, -0.2) is 8.42 Å². The highest BCUT2D eigenvalue weighted by Crippen LogP contribution is 2.35. The number of hydrogen-bond donors (Lipinski definition) is 3. The van der Waals surface area contributed by atoms with Crippen LogP contribution < -0.4 is 14.9 Å². The molecule has 10 heteroatoms. The summed E-state index contributed by atoms with van der Waals surface area (Å²) in [6.45, 7) is 3.98. The third-order valence-electron chi connectivity index (χ3n) is 5.39. The Balaban J connectivity index is 1.84. The molecular weight excluding hydrogens is 408 g/mol. The third kappa shape index (κ3) is 4.61. The number of aryl methyl sites for hydroxylation is 2. The number of rotatable bonds is 9. The van der Waals surface area contributed by atoms with Crippen LogP contribution in [0.2, 0.25) is 0 Å². The summed E-state index contributed by atoms with van der Waals surface area (Å²) in [4.78, 5) is 12.8. The fourth-order valence-electron chi connectivity index (χ4n) is 3.65. The van der Waals surface area contributed by atoms with E-state index < -0.39 is 16.1 Å². The fraction of sp³-hybridized carbons (Fsp3) is 0.550. The zero-order valence-electron chi connectivity index (χ0n) is 17.6. The molecule has 0 saturated carbocycles. The molecule has 1 atom stereocenters. The van der Waals surface area contributed by atoms with Gasteiger partial charge in [0.25, 0.3) is 5.91 Å². The monoisotopic (exact) mass is 438 g/mol. The minimum absolute atomic E-state index is 0.00884. The van der Waals surface area contributed by atoms with Crippen LogP contribution in [-0.4, -0.2) is 76.3 Å². The maximum Gasteiger partial charge on any atom is 0.251 e. The molecule has 0 radical (unpaired) electrons. The number of nitrogens with one attached hydrogen (secondary N) is 2.